The molecule has 1 aromatic carbocycles. The lowest BCUT2D eigenvalue weighted by atomic mass is 9.70. The third-order valence-corrected chi connectivity index (χ3v) is 7.79. The van der Waals surface area contributed by atoms with Gasteiger partial charge >= 0.3 is 0 Å². The molecular formula is C26H37N3O. The second-order valence-electron chi connectivity index (χ2n) is 11.3. The van der Waals surface area contributed by atoms with Crippen molar-refractivity contribution in [2.45, 2.75) is 71.6 Å². The van der Waals surface area contributed by atoms with Gasteiger partial charge in [0.15, 0.2) is 5.58 Å². The Bertz CT molecular complexity index is 1020. The minimum absolute atomic E-state index is 0.0262. The van der Waals surface area contributed by atoms with Crippen LogP contribution in [0.1, 0.15) is 77.5 Å². The molecule has 2 fully saturated rings. The number of hydrogen-bond donors (Lipinski definition) is 1. The molecule has 2 aromatic heterocycles. The molecule has 5 rings (SSSR count). The number of aromatic nitrogens is 2. The number of nitrogens with zero attached hydrogens (tertiary/aromatic N) is 2. The van der Waals surface area contributed by atoms with Gasteiger partial charge in [-0.2, -0.15) is 0 Å². The van der Waals surface area contributed by atoms with Crippen LogP contribution in [0.5, 0.6) is 0 Å². The Morgan fingerprint density at radius 2 is 1.93 bits per heavy atom. The molecule has 0 spiro atoms. The van der Waals surface area contributed by atoms with E-state index in [1.165, 1.54) is 67.2 Å². The maximum absolute atomic E-state index is 5.82. The van der Waals surface area contributed by atoms with Crippen LogP contribution in [0, 0.1) is 17.8 Å². The highest BCUT2D eigenvalue weighted by molar-refractivity contribution is 6.07. The minimum atomic E-state index is -0.0262. The van der Waals surface area contributed by atoms with E-state index in [0.29, 0.717) is 5.92 Å². The highest BCUT2D eigenvalue weighted by atomic mass is 16.5. The molecule has 162 valence electrons. The van der Waals surface area contributed by atoms with E-state index in [0.717, 1.165) is 29.0 Å². The number of fused-ring (bicyclic) bond motifs is 3. The van der Waals surface area contributed by atoms with Gasteiger partial charge in [-0.05, 0) is 80.1 Å². The Labute approximate surface area is 180 Å². The number of aromatic amines is 1. The molecule has 0 atom stereocenters. The molecule has 1 aliphatic heterocycles. The van der Waals surface area contributed by atoms with E-state index in [1.54, 1.807) is 0 Å². The summed E-state index contributed by atoms with van der Waals surface area (Å²) in [6, 6.07) is 4.47. The molecule has 0 bridgehead atoms. The van der Waals surface area contributed by atoms with Gasteiger partial charge in [0.25, 0.3) is 0 Å². The van der Waals surface area contributed by atoms with Crippen LogP contribution in [0.4, 0.5) is 0 Å². The highest BCUT2D eigenvalue weighted by Crippen LogP contribution is 2.46. The molecule has 4 nitrogen and oxygen atoms in total. The molecule has 3 heterocycles. The molecule has 30 heavy (non-hydrogen) atoms. The van der Waals surface area contributed by atoms with E-state index in [1.807, 2.05) is 0 Å². The first-order valence-electron chi connectivity index (χ1n) is 11.9. The summed E-state index contributed by atoms with van der Waals surface area (Å²) in [6.45, 7) is 15.3. The normalized spacial score (nSPS) is 24.2. The average Bonchev–Trinajstić information content (AvgIpc) is 3.30. The van der Waals surface area contributed by atoms with Gasteiger partial charge in [0.1, 0.15) is 0 Å². The number of hydrogen-bond acceptors (Lipinski definition) is 3. The van der Waals surface area contributed by atoms with Crippen LogP contribution in [0.2, 0.25) is 0 Å². The lowest BCUT2D eigenvalue weighted by Gasteiger charge is -2.41. The molecule has 2 aliphatic rings. The zero-order valence-corrected chi connectivity index (χ0v) is 19.3. The molecule has 1 aliphatic carbocycles. The van der Waals surface area contributed by atoms with Gasteiger partial charge in [0, 0.05) is 29.1 Å². The van der Waals surface area contributed by atoms with Gasteiger partial charge in [-0.3, -0.25) is 0 Å². The van der Waals surface area contributed by atoms with Crippen molar-refractivity contribution in [3.63, 3.8) is 0 Å². The molecule has 3 aromatic rings. The third kappa shape index (κ3) is 3.47. The van der Waals surface area contributed by atoms with Crippen LogP contribution in [-0.4, -0.2) is 34.7 Å². The van der Waals surface area contributed by atoms with Crippen molar-refractivity contribution < 1.29 is 4.52 Å². The summed E-state index contributed by atoms with van der Waals surface area (Å²) in [6.07, 6.45) is 7.43. The van der Waals surface area contributed by atoms with Gasteiger partial charge in [-0.15, -0.1) is 0 Å². The van der Waals surface area contributed by atoms with Gasteiger partial charge in [0.2, 0.25) is 0 Å². The third-order valence-electron chi connectivity index (χ3n) is 7.79. The number of piperidine rings is 1. The lowest BCUT2D eigenvalue weighted by molar-refractivity contribution is 0.108. The summed E-state index contributed by atoms with van der Waals surface area (Å²) in [5.74, 6) is 3.25. The van der Waals surface area contributed by atoms with Crippen molar-refractivity contribution >= 4 is 21.9 Å². The van der Waals surface area contributed by atoms with Crippen LogP contribution in [0.3, 0.4) is 0 Å². The molecule has 0 radical (unpaired) electrons. The topological polar surface area (TPSA) is 45.1 Å². The van der Waals surface area contributed by atoms with E-state index < -0.39 is 0 Å². The fourth-order valence-corrected chi connectivity index (χ4v) is 5.83. The number of H-pyrrole nitrogens is 1. The summed E-state index contributed by atoms with van der Waals surface area (Å²) in [5.41, 5.74) is 4.69. The van der Waals surface area contributed by atoms with Crippen LogP contribution in [0.15, 0.2) is 22.9 Å². The maximum Gasteiger partial charge on any atom is 0.168 e. The summed E-state index contributed by atoms with van der Waals surface area (Å²) in [5, 5.41) is 6.91. The van der Waals surface area contributed by atoms with Crippen molar-refractivity contribution in [2.75, 3.05) is 19.6 Å². The van der Waals surface area contributed by atoms with Crippen LogP contribution < -0.4 is 0 Å². The Hall–Kier alpha value is -1.81. The lowest BCUT2D eigenvalue weighted by Crippen LogP contribution is -2.41. The maximum atomic E-state index is 5.82. The van der Waals surface area contributed by atoms with Crippen LogP contribution in [-0.2, 0) is 5.41 Å². The monoisotopic (exact) mass is 407 g/mol. The number of rotatable bonds is 4. The van der Waals surface area contributed by atoms with Crippen molar-refractivity contribution in [1.82, 2.24) is 15.0 Å². The largest absolute Gasteiger partial charge is 0.361 e. The zero-order chi connectivity index (χ0) is 21.0. The standard InChI is InChI=1S/C26H37N3O/c1-16(2)18-7-10-29(11-8-18)15-17-12-19(13-17)21-14-22-23(20-6-9-27-24(20)21)25(28-30-22)26(3,4)5/h6,9,14,16-19,27H,7-8,10-13,15H2,1-5H3. The second-order valence-corrected chi connectivity index (χ2v) is 11.3. The first-order chi connectivity index (χ1) is 14.3. The smallest absolute Gasteiger partial charge is 0.168 e. The Kier molecular flexibility index (Phi) is 4.96. The summed E-state index contributed by atoms with van der Waals surface area (Å²) < 4.78 is 5.82. The van der Waals surface area contributed by atoms with Gasteiger partial charge < -0.3 is 14.4 Å². The zero-order valence-electron chi connectivity index (χ0n) is 19.3. The summed E-state index contributed by atoms with van der Waals surface area (Å²) in [7, 11) is 0. The van der Waals surface area contributed by atoms with Crippen molar-refractivity contribution in [3.8, 4) is 0 Å². The van der Waals surface area contributed by atoms with Gasteiger partial charge in [-0.1, -0.05) is 39.8 Å². The molecular weight excluding hydrogens is 370 g/mol. The molecule has 0 unspecified atom stereocenters. The molecule has 1 saturated heterocycles. The van der Waals surface area contributed by atoms with Crippen LogP contribution >= 0.6 is 0 Å². The Balaban J connectivity index is 1.31. The summed E-state index contributed by atoms with van der Waals surface area (Å²) >= 11 is 0. The fourth-order valence-electron chi connectivity index (χ4n) is 5.83. The minimum Gasteiger partial charge on any atom is -0.361 e. The van der Waals surface area contributed by atoms with E-state index >= 15 is 0 Å². The number of nitrogens with one attached hydrogen (secondary N) is 1. The van der Waals surface area contributed by atoms with Crippen molar-refractivity contribution in [3.05, 3.63) is 29.6 Å². The Morgan fingerprint density at radius 3 is 2.60 bits per heavy atom. The van der Waals surface area contributed by atoms with E-state index in [2.05, 4.69) is 68.0 Å². The second kappa shape index (κ2) is 7.40. The van der Waals surface area contributed by atoms with E-state index in [-0.39, 0.29) is 5.41 Å². The molecule has 1 N–H and O–H groups in total. The van der Waals surface area contributed by atoms with E-state index in [9.17, 15) is 0 Å². The molecule has 1 saturated carbocycles. The van der Waals surface area contributed by atoms with Gasteiger partial charge in [-0.25, -0.2) is 0 Å². The first kappa shape index (κ1) is 20.1. The highest BCUT2D eigenvalue weighted by Gasteiger charge is 2.35. The summed E-state index contributed by atoms with van der Waals surface area (Å²) in [4.78, 5) is 6.25. The van der Waals surface area contributed by atoms with Crippen molar-refractivity contribution in [2.24, 2.45) is 17.8 Å². The predicted molar refractivity (Wildman–Crippen MR) is 124 cm³/mol. The predicted octanol–water partition coefficient (Wildman–Crippen LogP) is 6.47. The fraction of sp³-hybridized carbons (Fsp3) is 0.654. The first-order valence-corrected chi connectivity index (χ1v) is 11.9. The average molecular weight is 408 g/mol. The number of benzene rings is 1. The van der Waals surface area contributed by atoms with Gasteiger partial charge in [0.05, 0.1) is 11.1 Å². The number of likely N-dealkylation sites (tertiary alicyclic amines) is 1. The van der Waals surface area contributed by atoms with Crippen LogP contribution in [0.25, 0.3) is 21.9 Å². The Morgan fingerprint density at radius 1 is 1.20 bits per heavy atom. The van der Waals surface area contributed by atoms with E-state index in [4.69, 9.17) is 4.52 Å². The molecule has 4 heteroatoms. The van der Waals surface area contributed by atoms with Crippen molar-refractivity contribution in [1.29, 1.82) is 0 Å². The quantitative estimate of drug-likeness (QED) is 0.539. The molecule has 0 amide bonds. The SMILES string of the molecule is CC(C)C1CCN(CC2CC(c3cc4onc(C(C)(C)C)c4c4cc[nH]c34)C2)CC1.